The van der Waals surface area contributed by atoms with Crippen molar-refractivity contribution in [3.8, 4) is 17.7 Å². The zero-order chi connectivity index (χ0) is 25.1. The molecular formula is C26H34FN5O3. The maximum absolute atomic E-state index is 15.2. The van der Waals surface area contributed by atoms with E-state index in [4.69, 9.17) is 14.2 Å². The summed E-state index contributed by atoms with van der Waals surface area (Å²) in [6.45, 7) is 8.46. The fourth-order valence-corrected chi connectivity index (χ4v) is 5.47. The number of nitrogens with one attached hydrogen (secondary N) is 2. The lowest BCUT2D eigenvalue weighted by Crippen LogP contribution is -2.51. The maximum atomic E-state index is 15.2. The second-order valence-electron chi connectivity index (χ2n) is 9.41. The number of rotatable bonds is 8. The van der Waals surface area contributed by atoms with E-state index in [0.29, 0.717) is 55.5 Å². The van der Waals surface area contributed by atoms with Crippen LogP contribution in [0.2, 0.25) is 0 Å². The van der Waals surface area contributed by atoms with Crippen molar-refractivity contribution in [1.82, 2.24) is 20.6 Å². The van der Waals surface area contributed by atoms with Crippen molar-refractivity contribution < 1.29 is 18.6 Å². The Balaban J connectivity index is 1.68. The molecule has 2 aliphatic rings. The molecule has 5 atom stereocenters. The van der Waals surface area contributed by atoms with Crippen molar-refractivity contribution >= 4 is 0 Å². The van der Waals surface area contributed by atoms with Crippen LogP contribution in [-0.2, 0) is 15.9 Å². The van der Waals surface area contributed by atoms with Crippen molar-refractivity contribution in [2.24, 2.45) is 11.8 Å². The van der Waals surface area contributed by atoms with Crippen LogP contribution in [0.15, 0.2) is 30.6 Å². The second-order valence-corrected chi connectivity index (χ2v) is 9.41. The molecule has 0 saturated carbocycles. The average molecular weight is 484 g/mol. The number of nitrogens with zero attached hydrogens (tertiary/aromatic N) is 3. The molecule has 2 fully saturated rings. The summed E-state index contributed by atoms with van der Waals surface area (Å²) in [5.74, 6) is 0.568. The van der Waals surface area contributed by atoms with Gasteiger partial charge in [-0.05, 0) is 31.7 Å². The summed E-state index contributed by atoms with van der Waals surface area (Å²) in [6.07, 6.45) is 4.01. The Bertz CT molecular complexity index is 1060. The van der Waals surface area contributed by atoms with Gasteiger partial charge in [0.15, 0.2) is 0 Å². The Kier molecular flexibility index (Phi) is 7.55. The molecule has 4 rings (SSSR count). The van der Waals surface area contributed by atoms with Crippen molar-refractivity contribution in [3.63, 3.8) is 0 Å². The first-order valence-electron chi connectivity index (χ1n) is 12.2. The number of halogens is 1. The summed E-state index contributed by atoms with van der Waals surface area (Å²) < 4.78 is 32.9. The minimum atomic E-state index is -0.928. The molecule has 0 radical (unpaired) electrons. The Hall–Kier alpha value is -2.80. The van der Waals surface area contributed by atoms with E-state index in [-0.39, 0.29) is 30.2 Å². The Morgan fingerprint density at radius 3 is 2.69 bits per heavy atom. The van der Waals surface area contributed by atoms with Gasteiger partial charge in [-0.1, -0.05) is 13.8 Å². The van der Waals surface area contributed by atoms with E-state index in [9.17, 15) is 5.26 Å². The van der Waals surface area contributed by atoms with Gasteiger partial charge in [0.25, 0.3) is 0 Å². The fraction of sp³-hybridized carbons (Fsp3) is 0.577. The first-order valence-corrected chi connectivity index (χ1v) is 12.2. The first-order chi connectivity index (χ1) is 16.9. The van der Waals surface area contributed by atoms with Crippen LogP contribution < -0.4 is 20.1 Å². The summed E-state index contributed by atoms with van der Waals surface area (Å²) >= 11 is 0. The third kappa shape index (κ3) is 4.58. The summed E-state index contributed by atoms with van der Waals surface area (Å²) in [5.41, 5.74) is -0.463. The number of hydrogen-bond donors (Lipinski definition) is 2. The Labute approximate surface area is 206 Å². The van der Waals surface area contributed by atoms with Gasteiger partial charge in [0, 0.05) is 44.0 Å². The molecule has 0 unspecified atom stereocenters. The van der Waals surface area contributed by atoms with Crippen LogP contribution in [0.1, 0.15) is 44.9 Å². The lowest BCUT2D eigenvalue weighted by atomic mass is 9.77. The second kappa shape index (κ2) is 10.4. The highest BCUT2D eigenvalue weighted by molar-refractivity contribution is 5.36. The predicted molar refractivity (Wildman–Crippen MR) is 128 cm³/mol. The quantitative estimate of drug-likeness (QED) is 0.590. The van der Waals surface area contributed by atoms with Gasteiger partial charge >= 0.3 is 0 Å². The largest absolute Gasteiger partial charge is 0.494 e. The van der Waals surface area contributed by atoms with Crippen LogP contribution in [0, 0.1) is 29.0 Å². The fourth-order valence-electron chi connectivity index (χ4n) is 5.47. The van der Waals surface area contributed by atoms with E-state index in [0.717, 1.165) is 0 Å². The van der Waals surface area contributed by atoms with Gasteiger partial charge < -0.3 is 24.8 Å². The number of ether oxygens (including phenoxy) is 3. The van der Waals surface area contributed by atoms with Gasteiger partial charge in [0.2, 0.25) is 5.88 Å². The van der Waals surface area contributed by atoms with Crippen LogP contribution in [0.4, 0.5) is 4.39 Å². The van der Waals surface area contributed by atoms with Gasteiger partial charge in [-0.25, -0.2) is 9.37 Å². The van der Waals surface area contributed by atoms with Crippen molar-refractivity contribution in [2.75, 3.05) is 33.4 Å². The van der Waals surface area contributed by atoms with Gasteiger partial charge in [0.05, 0.1) is 48.8 Å². The molecule has 0 aliphatic carbocycles. The molecule has 8 nitrogen and oxygen atoms in total. The lowest BCUT2D eigenvalue weighted by Gasteiger charge is -2.43. The number of aromatic nitrogens is 2. The third-order valence-electron chi connectivity index (χ3n) is 7.61. The molecule has 3 heterocycles. The molecule has 9 heteroatoms. The molecular weight excluding hydrogens is 449 g/mol. The first kappa shape index (κ1) is 25.3. The standard InChI is InChI=1S/C26H34FN5O3/c1-5-34-19-6-7-21(27)20(12-19)26(9-11-29-13-17(26)2)35-24-16-30-23(15-31-24)25(8-10-28)18(3)22(33-4)14-32-25/h6-7,12,15-18,22,29,32H,5,8-9,11,13-14H2,1-4H3/t17-,18-,22+,25+,26-/m1/s1. The highest BCUT2D eigenvalue weighted by atomic mass is 19.1. The predicted octanol–water partition coefficient (Wildman–Crippen LogP) is 3.28. The van der Waals surface area contributed by atoms with Crippen LogP contribution in [0.3, 0.4) is 0 Å². The molecule has 0 amide bonds. The highest BCUT2D eigenvalue weighted by Gasteiger charge is 2.49. The average Bonchev–Trinajstić information content (AvgIpc) is 3.18. The van der Waals surface area contributed by atoms with Crippen molar-refractivity contribution in [1.29, 1.82) is 5.26 Å². The molecule has 2 aromatic rings. The van der Waals surface area contributed by atoms with Gasteiger partial charge in [0.1, 0.15) is 17.2 Å². The van der Waals surface area contributed by atoms with Crippen LogP contribution in [0.25, 0.3) is 0 Å². The van der Waals surface area contributed by atoms with Crippen molar-refractivity contribution in [2.45, 2.75) is 50.9 Å². The van der Waals surface area contributed by atoms with E-state index in [1.54, 1.807) is 31.6 Å². The summed E-state index contributed by atoms with van der Waals surface area (Å²) in [5, 5.41) is 16.3. The van der Waals surface area contributed by atoms with E-state index in [2.05, 4.69) is 33.6 Å². The zero-order valence-corrected chi connectivity index (χ0v) is 20.8. The molecule has 188 valence electrons. The Morgan fingerprint density at radius 1 is 1.23 bits per heavy atom. The van der Waals surface area contributed by atoms with Crippen LogP contribution in [-0.4, -0.2) is 49.4 Å². The van der Waals surface area contributed by atoms with E-state index in [1.807, 2.05) is 13.8 Å². The summed E-state index contributed by atoms with van der Waals surface area (Å²) in [7, 11) is 1.67. The molecule has 35 heavy (non-hydrogen) atoms. The number of nitriles is 1. The number of hydrogen-bond acceptors (Lipinski definition) is 8. The lowest BCUT2D eigenvalue weighted by molar-refractivity contribution is -0.0208. The summed E-state index contributed by atoms with van der Waals surface area (Å²) in [6, 6.07) is 7.08. The number of methoxy groups -OCH3 is 1. The van der Waals surface area contributed by atoms with Crippen molar-refractivity contribution in [3.05, 3.63) is 47.7 Å². The SMILES string of the molecule is CCOc1ccc(F)c([C@@]2(Oc3cnc([C@@]4(CC#N)NC[C@H](OC)[C@H]4C)cn3)CCNC[C@H]2C)c1. The van der Waals surface area contributed by atoms with E-state index in [1.165, 1.54) is 6.07 Å². The van der Waals surface area contributed by atoms with Gasteiger partial charge in [-0.15, -0.1) is 0 Å². The van der Waals surface area contributed by atoms with Gasteiger partial charge in [-0.3, -0.25) is 4.98 Å². The molecule has 0 spiro atoms. The van der Waals surface area contributed by atoms with Crippen LogP contribution >= 0.6 is 0 Å². The summed E-state index contributed by atoms with van der Waals surface area (Å²) in [4.78, 5) is 9.24. The zero-order valence-electron chi connectivity index (χ0n) is 20.8. The molecule has 2 aliphatic heterocycles. The number of piperidine rings is 1. The minimum Gasteiger partial charge on any atom is -0.494 e. The van der Waals surface area contributed by atoms with Crippen LogP contribution in [0.5, 0.6) is 11.6 Å². The minimum absolute atomic E-state index is 0.0272. The maximum Gasteiger partial charge on any atom is 0.233 e. The topological polar surface area (TPSA) is 101 Å². The molecule has 2 N–H and O–H groups in total. The number of benzene rings is 1. The normalized spacial score (nSPS) is 30.6. The molecule has 0 bridgehead atoms. The van der Waals surface area contributed by atoms with Gasteiger partial charge in [-0.2, -0.15) is 5.26 Å². The van der Waals surface area contributed by atoms with E-state index >= 15 is 4.39 Å². The highest BCUT2D eigenvalue weighted by Crippen LogP contribution is 2.43. The monoisotopic (exact) mass is 483 g/mol. The molecule has 1 aromatic heterocycles. The smallest absolute Gasteiger partial charge is 0.233 e. The van der Waals surface area contributed by atoms with E-state index < -0.39 is 11.1 Å². The molecule has 2 saturated heterocycles. The Morgan fingerprint density at radius 2 is 2.06 bits per heavy atom. The third-order valence-corrected chi connectivity index (χ3v) is 7.61. The molecule has 1 aromatic carbocycles.